The molecule has 1 atom stereocenters. The van der Waals surface area contributed by atoms with Crippen LogP contribution in [0.25, 0.3) is 0 Å². The fraction of sp³-hybridized carbons (Fsp3) is 0.615. The summed E-state index contributed by atoms with van der Waals surface area (Å²) in [6.45, 7) is 6.53. The van der Waals surface area contributed by atoms with Crippen molar-refractivity contribution >= 4 is 19.4 Å². The quantitative estimate of drug-likeness (QED) is 0.747. The lowest BCUT2D eigenvalue weighted by molar-refractivity contribution is -0.139. The van der Waals surface area contributed by atoms with Crippen LogP contribution in [0.3, 0.4) is 0 Å². The average molecular weight is 270 g/mol. The van der Waals surface area contributed by atoms with Gasteiger partial charge in [-0.3, -0.25) is 4.79 Å². The highest BCUT2D eigenvalue weighted by molar-refractivity contribution is 6.90. The van der Waals surface area contributed by atoms with E-state index in [1.165, 1.54) is 6.26 Å². The van der Waals surface area contributed by atoms with E-state index in [0.29, 0.717) is 5.56 Å². The highest BCUT2D eigenvalue weighted by Gasteiger charge is 2.33. The summed E-state index contributed by atoms with van der Waals surface area (Å²) >= 11 is 0. The maximum atomic E-state index is 10.6. The Bertz CT molecular complexity index is 387. The maximum Gasteiger partial charge on any atom is 0.306 e. The molecule has 1 aromatic rings. The number of carbonyl (C=O) groups is 1. The second kappa shape index (κ2) is 6.20. The van der Waals surface area contributed by atoms with Crippen molar-refractivity contribution in [1.82, 2.24) is 0 Å². The van der Waals surface area contributed by atoms with E-state index < -0.39 is 20.1 Å². The summed E-state index contributed by atoms with van der Waals surface area (Å²) in [5, 5.41) is 19.4. The van der Waals surface area contributed by atoms with Crippen LogP contribution in [0, 0.1) is 0 Å². The molecular formula is C13H22O4Si. The fourth-order valence-corrected chi connectivity index (χ4v) is 5.69. The number of aliphatic hydroxyl groups excluding tert-OH is 1. The third-order valence-corrected chi connectivity index (χ3v) is 9.29. The number of carboxylic acid groups (broad SMARTS) is 1. The van der Waals surface area contributed by atoms with Gasteiger partial charge in [0, 0.05) is 5.56 Å². The van der Waals surface area contributed by atoms with Gasteiger partial charge < -0.3 is 14.6 Å². The van der Waals surface area contributed by atoms with E-state index in [0.717, 1.165) is 23.5 Å². The second-order valence-electron chi connectivity index (χ2n) is 4.70. The van der Waals surface area contributed by atoms with Crippen molar-refractivity contribution < 1.29 is 19.4 Å². The number of hydrogen-bond acceptors (Lipinski definition) is 3. The lowest BCUT2D eigenvalue weighted by Gasteiger charge is -2.24. The van der Waals surface area contributed by atoms with Crippen molar-refractivity contribution in [3.8, 4) is 0 Å². The van der Waals surface area contributed by atoms with Gasteiger partial charge in [0.2, 0.25) is 0 Å². The fourth-order valence-electron chi connectivity index (χ4n) is 2.36. The standard InChI is InChI=1S/C13H22O4Si/c1-4-18(5-2,6-3)13-7-10(9-17-13)11(14)8-12(15)16/h7,9,11,14H,4-6,8H2,1-3H3,(H,15,16). The summed E-state index contributed by atoms with van der Waals surface area (Å²) in [6, 6.07) is 5.16. The minimum Gasteiger partial charge on any atom is -0.481 e. The largest absolute Gasteiger partial charge is 0.481 e. The van der Waals surface area contributed by atoms with Crippen LogP contribution in [0.15, 0.2) is 16.7 Å². The Hall–Kier alpha value is -1.07. The van der Waals surface area contributed by atoms with Gasteiger partial charge in [0.1, 0.15) is 8.07 Å². The summed E-state index contributed by atoms with van der Waals surface area (Å²) in [5.41, 5.74) is 0.583. The molecule has 0 saturated carbocycles. The molecule has 2 N–H and O–H groups in total. The van der Waals surface area contributed by atoms with Gasteiger partial charge in [-0.2, -0.15) is 0 Å². The van der Waals surface area contributed by atoms with E-state index in [1.807, 2.05) is 6.07 Å². The molecular weight excluding hydrogens is 248 g/mol. The molecule has 0 radical (unpaired) electrons. The van der Waals surface area contributed by atoms with Gasteiger partial charge in [0.25, 0.3) is 0 Å². The Morgan fingerprint density at radius 2 is 1.89 bits per heavy atom. The summed E-state index contributed by atoms with van der Waals surface area (Å²) in [4.78, 5) is 10.6. The van der Waals surface area contributed by atoms with Gasteiger partial charge >= 0.3 is 5.97 Å². The molecule has 1 rings (SSSR count). The number of carboxylic acids is 1. The first-order valence-corrected chi connectivity index (χ1v) is 9.10. The lowest BCUT2D eigenvalue weighted by Crippen LogP contribution is -2.44. The second-order valence-corrected chi connectivity index (χ2v) is 9.87. The first-order chi connectivity index (χ1) is 8.49. The summed E-state index contributed by atoms with van der Waals surface area (Å²) in [7, 11) is -1.58. The zero-order valence-electron chi connectivity index (χ0n) is 11.3. The highest BCUT2D eigenvalue weighted by Crippen LogP contribution is 2.24. The van der Waals surface area contributed by atoms with Gasteiger partial charge in [0.05, 0.1) is 24.2 Å². The van der Waals surface area contributed by atoms with Gasteiger partial charge in [-0.25, -0.2) is 0 Å². The molecule has 0 amide bonds. The summed E-state index contributed by atoms with van der Waals surface area (Å²) in [6.07, 6.45) is 0.251. The lowest BCUT2D eigenvalue weighted by atomic mass is 10.1. The number of aliphatic carboxylic acids is 1. The first kappa shape index (κ1) is 15.0. The summed E-state index contributed by atoms with van der Waals surface area (Å²) < 4.78 is 5.61. The van der Waals surface area contributed by atoms with Crippen LogP contribution in [0.1, 0.15) is 38.9 Å². The zero-order valence-corrected chi connectivity index (χ0v) is 12.3. The SMILES string of the molecule is CC[Si](CC)(CC)c1cc(C(O)CC(=O)O)co1. The third kappa shape index (κ3) is 3.03. The van der Waals surface area contributed by atoms with E-state index in [9.17, 15) is 9.90 Å². The van der Waals surface area contributed by atoms with Crippen molar-refractivity contribution in [2.24, 2.45) is 0 Å². The molecule has 0 bridgehead atoms. The first-order valence-electron chi connectivity index (χ1n) is 6.47. The number of furan rings is 1. The van der Waals surface area contributed by atoms with Crippen LogP contribution in [-0.4, -0.2) is 24.3 Å². The van der Waals surface area contributed by atoms with Crippen LogP contribution in [0.2, 0.25) is 18.1 Å². The maximum absolute atomic E-state index is 10.6. The Kier molecular flexibility index (Phi) is 5.16. The van der Waals surface area contributed by atoms with E-state index >= 15 is 0 Å². The predicted octanol–water partition coefficient (Wildman–Crippen LogP) is 2.50. The van der Waals surface area contributed by atoms with Crippen molar-refractivity contribution in [1.29, 1.82) is 0 Å². The highest BCUT2D eigenvalue weighted by atomic mass is 28.3. The van der Waals surface area contributed by atoms with E-state index in [1.54, 1.807) is 0 Å². The van der Waals surface area contributed by atoms with Crippen molar-refractivity contribution in [2.75, 3.05) is 0 Å². The molecule has 5 heteroatoms. The molecule has 1 heterocycles. The number of hydrogen-bond donors (Lipinski definition) is 2. The molecule has 1 aromatic heterocycles. The van der Waals surface area contributed by atoms with Gasteiger partial charge in [-0.1, -0.05) is 38.9 Å². The van der Waals surface area contributed by atoms with Crippen LogP contribution in [0.5, 0.6) is 0 Å². The molecule has 0 spiro atoms. The van der Waals surface area contributed by atoms with Crippen molar-refractivity contribution in [3.05, 3.63) is 17.9 Å². The minimum atomic E-state index is -1.58. The molecule has 1 unspecified atom stereocenters. The van der Waals surface area contributed by atoms with Crippen molar-refractivity contribution in [3.63, 3.8) is 0 Å². The van der Waals surface area contributed by atoms with Gasteiger partial charge in [-0.05, 0) is 6.07 Å². The number of aliphatic hydroxyl groups is 1. The topological polar surface area (TPSA) is 70.7 Å². The Labute approximate surface area is 109 Å². The predicted molar refractivity (Wildman–Crippen MR) is 72.8 cm³/mol. The molecule has 0 aliphatic heterocycles. The van der Waals surface area contributed by atoms with Crippen LogP contribution in [-0.2, 0) is 4.79 Å². The third-order valence-electron chi connectivity index (χ3n) is 3.93. The average Bonchev–Trinajstić information content (AvgIpc) is 2.81. The Balaban J connectivity index is 2.94. The van der Waals surface area contributed by atoms with E-state index in [2.05, 4.69) is 20.8 Å². The van der Waals surface area contributed by atoms with Crippen LogP contribution < -0.4 is 5.38 Å². The minimum absolute atomic E-state index is 0.280. The molecule has 0 aromatic carbocycles. The summed E-state index contributed by atoms with van der Waals surface area (Å²) in [5.74, 6) is -1.00. The zero-order chi connectivity index (χ0) is 13.8. The molecule has 0 aliphatic carbocycles. The molecule has 4 nitrogen and oxygen atoms in total. The molecule has 18 heavy (non-hydrogen) atoms. The normalized spacial score (nSPS) is 13.6. The molecule has 102 valence electrons. The molecule has 0 aliphatic rings. The van der Waals surface area contributed by atoms with Crippen molar-refractivity contribution in [2.45, 2.75) is 51.4 Å². The Morgan fingerprint density at radius 3 is 2.33 bits per heavy atom. The Morgan fingerprint density at radius 1 is 1.33 bits per heavy atom. The smallest absolute Gasteiger partial charge is 0.306 e. The van der Waals surface area contributed by atoms with Crippen LogP contribution in [0.4, 0.5) is 0 Å². The van der Waals surface area contributed by atoms with Gasteiger partial charge in [-0.15, -0.1) is 0 Å². The van der Waals surface area contributed by atoms with E-state index in [4.69, 9.17) is 9.52 Å². The van der Waals surface area contributed by atoms with Gasteiger partial charge in [0.15, 0.2) is 0 Å². The number of rotatable bonds is 7. The van der Waals surface area contributed by atoms with E-state index in [-0.39, 0.29) is 6.42 Å². The molecule has 0 saturated heterocycles. The van der Waals surface area contributed by atoms with Crippen LogP contribution >= 0.6 is 0 Å². The molecule has 0 fully saturated rings. The monoisotopic (exact) mass is 270 g/mol.